The van der Waals surface area contributed by atoms with Gasteiger partial charge in [0.2, 0.25) is 5.91 Å². The number of aliphatic hydroxyl groups is 2. The van der Waals surface area contributed by atoms with Crippen LogP contribution < -0.4 is 5.32 Å². The Kier molecular flexibility index (Phi) is 43.7. The maximum absolute atomic E-state index is 12.4. The molecule has 1 amide bonds. The van der Waals surface area contributed by atoms with E-state index >= 15 is 0 Å². The van der Waals surface area contributed by atoms with Gasteiger partial charge in [-0.1, -0.05) is 205 Å². The van der Waals surface area contributed by atoms with Crippen LogP contribution in [0.25, 0.3) is 0 Å². The SMILES string of the molecule is CCCCCCCCCCCCCC/C=C/C(O)C(CO)NC(=O)CCCCC/C=C\CCCCCCCCOC(=O)CCCCCCCCCCCCC. The number of allylic oxidation sites excluding steroid dienone is 3. The van der Waals surface area contributed by atoms with Gasteiger partial charge in [0.1, 0.15) is 0 Å². The number of unbranched alkanes of at least 4 members (excludes halogenated alkanes) is 31. The van der Waals surface area contributed by atoms with Crippen LogP contribution >= 0.6 is 0 Å². The first-order valence-corrected chi connectivity index (χ1v) is 24.1. The van der Waals surface area contributed by atoms with Gasteiger partial charge in [0.25, 0.3) is 0 Å². The zero-order chi connectivity index (χ0) is 40.1. The van der Waals surface area contributed by atoms with Gasteiger partial charge in [-0.25, -0.2) is 0 Å². The maximum Gasteiger partial charge on any atom is 0.305 e. The average Bonchev–Trinajstić information content (AvgIpc) is 3.18. The number of carbonyl (C=O) groups excluding carboxylic acids is 2. The fraction of sp³-hybridized carbons (Fsp3) is 0.878. The second-order valence-corrected chi connectivity index (χ2v) is 16.4. The number of carbonyl (C=O) groups is 2. The van der Waals surface area contributed by atoms with Crippen molar-refractivity contribution in [3.8, 4) is 0 Å². The van der Waals surface area contributed by atoms with Crippen LogP contribution in [0.4, 0.5) is 0 Å². The lowest BCUT2D eigenvalue weighted by molar-refractivity contribution is -0.143. The molecular formula is C49H93NO5. The number of hydrogen-bond donors (Lipinski definition) is 3. The standard InChI is InChI=1S/C49H93NO5/c1-3-5-7-9-11-13-15-16-18-22-25-29-33-37-41-47(52)46(45-51)50-48(53)42-38-34-30-26-23-19-17-20-24-28-32-36-40-44-55-49(54)43-39-35-31-27-21-14-12-10-8-6-4-2/h19,23,37,41,46-47,51-52H,3-18,20-22,24-36,38-40,42-45H2,1-2H3,(H,50,53)/b23-19-,41-37+. The van der Waals surface area contributed by atoms with Gasteiger partial charge >= 0.3 is 5.97 Å². The Morgan fingerprint density at radius 2 is 0.855 bits per heavy atom. The van der Waals surface area contributed by atoms with Crippen molar-refractivity contribution in [2.75, 3.05) is 13.2 Å². The topological polar surface area (TPSA) is 95.9 Å². The average molecular weight is 776 g/mol. The number of aliphatic hydroxyl groups excluding tert-OH is 2. The van der Waals surface area contributed by atoms with Crippen LogP contribution in [-0.2, 0) is 14.3 Å². The summed E-state index contributed by atoms with van der Waals surface area (Å²) in [5.41, 5.74) is 0. The van der Waals surface area contributed by atoms with E-state index in [0.29, 0.717) is 19.4 Å². The summed E-state index contributed by atoms with van der Waals surface area (Å²) in [6.45, 7) is 4.84. The quantitative estimate of drug-likeness (QED) is 0.0325. The summed E-state index contributed by atoms with van der Waals surface area (Å²) in [6, 6.07) is -0.646. The van der Waals surface area contributed by atoms with E-state index in [9.17, 15) is 19.8 Å². The van der Waals surface area contributed by atoms with E-state index in [1.807, 2.05) is 6.08 Å². The predicted molar refractivity (Wildman–Crippen MR) is 236 cm³/mol. The molecule has 0 spiro atoms. The Morgan fingerprint density at radius 3 is 1.31 bits per heavy atom. The molecule has 0 aliphatic heterocycles. The summed E-state index contributed by atoms with van der Waals surface area (Å²) in [5, 5.41) is 23.0. The van der Waals surface area contributed by atoms with Crippen molar-refractivity contribution in [3.63, 3.8) is 0 Å². The maximum atomic E-state index is 12.4. The lowest BCUT2D eigenvalue weighted by atomic mass is 10.0. The zero-order valence-electron chi connectivity index (χ0n) is 36.7. The summed E-state index contributed by atoms with van der Waals surface area (Å²) in [5.74, 6) is -0.113. The van der Waals surface area contributed by atoms with Crippen LogP contribution in [0.2, 0.25) is 0 Å². The van der Waals surface area contributed by atoms with Crippen molar-refractivity contribution in [1.82, 2.24) is 5.32 Å². The Bertz CT molecular complexity index is 858. The van der Waals surface area contributed by atoms with Gasteiger partial charge < -0.3 is 20.3 Å². The van der Waals surface area contributed by atoms with Crippen molar-refractivity contribution >= 4 is 11.9 Å². The van der Waals surface area contributed by atoms with Gasteiger partial charge in [-0.3, -0.25) is 9.59 Å². The Balaban J connectivity index is 3.55. The number of esters is 1. The summed E-state index contributed by atoms with van der Waals surface area (Å²) in [4.78, 5) is 24.3. The molecule has 6 heteroatoms. The molecule has 6 nitrogen and oxygen atoms in total. The van der Waals surface area contributed by atoms with E-state index < -0.39 is 12.1 Å². The van der Waals surface area contributed by atoms with Crippen LogP contribution in [0.15, 0.2) is 24.3 Å². The van der Waals surface area contributed by atoms with E-state index in [1.165, 1.54) is 154 Å². The number of amides is 1. The molecule has 0 saturated heterocycles. The largest absolute Gasteiger partial charge is 0.466 e. The molecule has 2 atom stereocenters. The third-order valence-electron chi connectivity index (χ3n) is 11.0. The van der Waals surface area contributed by atoms with Gasteiger partial charge in [0.05, 0.1) is 25.4 Å². The van der Waals surface area contributed by atoms with E-state index in [4.69, 9.17) is 4.74 Å². The molecule has 2 unspecified atom stereocenters. The molecule has 0 bridgehead atoms. The van der Waals surface area contributed by atoms with Gasteiger partial charge in [0, 0.05) is 12.8 Å². The molecule has 3 N–H and O–H groups in total. The first kappa shape index (κ1) is 53.3. The Morgan fingerprint density at radius 1 is 0.491 bits per heavy atom. The predicted octanol–water partition coefficient (Wildman–Crippen LogP) is 14.0. The van der Waals surface area contributed by atoms with Crippen molar-refractivity contribution in [3.05, 3.63) is 24.3 Å². The fourth-order valence-corrected chi connectivity index (χ4v) is 7.21. The van der Waals surface area contributed by atoms with E-state index in [0.717, 1.165) is 70.6 Å². The van der Waals surface area contributed by atoms with E-state index in [1.54, 1.807) is 6.08 Å². The van der Waals surface area contributed by atoms with Crippen LogP contribution in [0, 0.1) is 0 Å². The molecule has 0 heterocycles. The minimum Gasteiger partial charge on any atom is -0.466 e. The van der Waals surface area contributed by atoms with Crippen LogP contribution in [0.3, 0.4) is 0 Å². The first-order chi connectivity index (χ1) is 27.0. The van der Waals surface area contributed by atoms with Crippen LogP contribution in [-0.4, -0.2) is 47.4 Å². The fourth-order valence-electron chi connectivity index (χ4n) is 7.21. The van der Waals surface area contributed by atoms with Crippen molar-refractivity contribution in [2.45, 2.75) is 264 Å². The summed E-state index contributed by atoms with van der Waals surface area (Å²) in [6.07, 6.45) is 51.7. The van der Waals surface area contributed by atoms with Gasteiger partial charge in [-0.15, -0.1) is 0 Å². The van der Waals surface area contributed by atoms with E-state index in [-0.39, 0.29) is 18.5 Å². The number of ether oxygens (including phenoxy) is 1. The molecule has 0 saturated carbocycles. The lowest BCUT2D eigenvalue weighted by Gasteiger charge is -2.19. The van der Waals surface area contributed by atoms with Gasteiger partial charge in [-0.05, 0) is 57.8 Å². The molecule has 0 fully saturated rings. The highest BCUT2D eigenvalue weighted by Gasteiger charge is 2.18. The van der Waals surface area contributed by atoms with Crippen molar-refractivity contribution in [2.24, 2.45) is 0 Å². The van der Waals surface area contributed by atoms with Crippen LogP contribution in [0.5, 0.6) is 0 Å². The highest BCUT2D eigenvalue weighted by molar-refractivity contribution is 5.76. The van der Waals surface area contributed by atoms with Gasteiger partial charge in [-0.2, -0.15) is 0 Å². The highest BCUT2D eigenvalue weighted by Crippen LogP contribution is 2.15. The molecule has 0 radical (unpaired) electrons. The minimum absolute atomic E-state index is 0.0149. The third kappa shape index (κ3) is 41.8. The summed E-state index contributed by atoms with van der Waals surface area (Å²) < 4.78 is 5.43. The monoisotopic (exact) mass is 776 g/mol. The van der Waals surface area contributed by atoms with Gasteiger partial charge in [0.15, 0.2) is 0 Å². The minimum atomic E-state index is -0.860. The summed E-state index contributed by atoms with van der Waals surface area (Å²) in [7, 11) is 0. The van der Waals surface area contributed by atoms with E-state index in [2.05, 4.69) is 31.3 Å². The molecule has 0 aliphatic carbocycles. The molecule has 55 heavy (non-hydrogen) atoms. The number of rotatable bonds is 44. The Hall–Kier alpha value is -1.66. The second kappa shape index (κ2) is 45.0. The first-order valence-electron chi connectivity index (χ1n) is 24.1. The summed E-state index contributed by atoms with van der Waals surface area (Å²) >= 11 is 0. The van der Waals surface area contributed by atoms with Crippen molar-refractivity contribution < 1.29 is 24.5 Å². The smallest absolute Gasteiger partial charge is 0.305 e. The normalized spacial score (nSPS) is 12.9. The lowest BCUT2D eigenvalue weighted by Crippen LogP contribution is -2.45. The third-order valence-corrected chi connectivity index (χ3v) is 11.0. The molecule has 0 aromatic carbocycles. The molecule has 0 rings (SSSR count). The molecule has 0 aromatic rings. The molecule has 324 valence electrons. The molecule has 0 aliphatic rings. The van der Waals surface area contributed by atoms with Crippen LogP contribution in [0.1, 0.15) is 251 Å². The zero-order valence-corrected chi connectivity index (χ0v) is 36.7. The second-order valence-electron chi connectivity index (χ2n) is 16.4. The molecular weight excluding hydrogens is 683 g/mol. The highest BCUT2D eigenvalue weighted by atomic mass is 16.5. The number of hydrogen-bond acceptors (Lipinski definition) is 5. The number of nitrogens with one attached hydrogen (secondary N) is 1. The van der Waals surface area contributed by atoms with Crippen molar-refractivity contribution in [1.29, 1.82) is 0 Å². The molecule has 0 aromatic heterocycles. The Labute approximate surface area is 341 Å².